The van der Waals surface area contributed by atoms with E-state index in [4.69, 9.17) is 14.5 Å². The Balaban J connectivity index is 1.54. The Hall–Kier alpha value is -2.44. The van der Waals surface area contributed by atoms with Gasteiger partial charge in [0.05, 0.1) is 36.3 Å². The second-order valence-electron chi connectivity index (χ2n) is 6.35. The first-order chi connectivity index (χ1) is 12.8. The third-order valence-electron chi connectivity index (χ3n) is 4.61. The lowest BCUT2D eigenvalue weighted by atomic mass is 10.2. The number of halogens is 1. The molecule has 1 atom stereocenters. The van der Waals surface area contributed by atoms with E-state index in [9.17, 15) is 0 Å². The Kier molecular flexibility index (Phi) is 3.87. The maximum atomic E-state index is 5.97. The minimum absolute atomic E-state index is 0.131. The summed E-state index contributed by atoms with van der Waals surface area (Å²) in [5, 5.41) is 1.10. The summed E-state index contributed by atoms with van der Waals surface area (Å²) in [6.45, 7) is 1.42. The molecule has 0 radical (unpaired) electrons. The Labute approximate surface area is 158 Å². The fourth-order valence-corrected chi connectivity index (χ4v) is 3.75. The second kappa shape index (κ2) is 6.37. The maximum Gasteiger partial charge on any atom is 0.140 e. The molecule has 5 nitrogen and oxygen atoms in total. The van der Waals surface area contributed by atoms with Gasteiger partial charge in [0.1, 0.15) is 17.5 Å². The van der Waals surface area contributed by atoms with E-state index in [-0.39, 0.29) is 6.10 Å². The van der Waals surface area contributed by atoms with Gasteiger partial charge in [0.2, 0.25) is 0 Å². The minimum Gasteiger partial charge on any atom is -0.488 e. The van der Waals surface area contributed by atoms with Crippen LogP contribution >= 0.6 is 15.9 Å². The zero-order chi connectivity index (χ0) is 17.5. The summed E-state index contributed by atoms with van der Waals surface area (Å²) in [6, 6.07) is 14.1. The first kappa shape index (κ1) is 15.8. The van der Waals surface area contributed by atoms with E-state index in [1.54, 1.807) is 0 Å². The van der Waals surface area contributed by atoms with Gasteiger partial charge in [-0.1, -0.05) is 18.2 Å². The van der Waals surface area contributed by atoms with E-state index < -0.39 is 0 Å². The average molecular weight is 410 g/mol. The molecule has 0 N–H and O–H groups in total. The molecule has 5 rings (SSSR count). The van der Waals surface area contributed by atoms with Crippen LogP contribution in [0.2, 0.25) is 0 Å². The number of benzene rings is 1. The van der Waals surface area contributed by atoms with Gasteiger partial charge in [-0.25, -0.2) is 9.97 Å². The summed E-state index contributed by atoms with van der Waals surface area (Å²) in [7, 11) is 0. The van der Waals surface area contributed by atoms with Gasteiger partial charge in [0.15, 0.2) is 0 Å². The molecule has 0 spiro atoms. The van der Waals surface area contributed by atoms with Crippen LogP contribution in [-0.2, 0) is 4.74 Å². The van der Waals surface area contributed by atoms with Crippen LogP contribution in [0.3, 0.4) is 0 Å². The van der Waals surface area contributed by atoms with E-state index in [0.29, 0.717) is 6.61 Å². The molecule has 1 aliphatic heterocycles. The molecule has 0 unspecified atom stereocenters. The minimum atomic E-state index is 0.131. The molecule has 4 heterocycles. The van der Waals surface area contributed by atoms with Gasteiger partial charge in [-0.15, -0.1) is 0 Å². The number of pyridine rings is 2. The van der Waals surface area contributed by atoms with Crippen LogP contribution in [0.1, 0.15) is 6.42 Å². The van der Waals surface area contributed by atoms with Gasteiger partial charge in [-0.05, 0) is 34.1 Å². The van der Waals surface area contributed by atoms with Crippen LogP contribution < -0.4 is 4.74 Å². The van der Waals surface area contributed by atoms with Crippen LogP contribution in [0, 0.1) is 0 Å². The predicted molar refractivity (Wildman–Crippen MR) is 103 cm³/mol. The van der Waals surface area contributed by atoms with E-state index in [0.717, 1.165) is 51.2 Å². The summed E-state index contributed by atoms with van der Waals surface area (Å²) in [4.78, 5) is 9.35. The zero-order valence-corrected chi connectivity index (χ0v) is 15.5. The number of nitrogens with zero attached hydrogens (tertiary/aromatic N) is 3. The van der Waals surface area contributed by atoms with Crippen LogP contribution in [0.25, 0.3) is 27.9 Å². The van der Waals surface area contributed by atoms with Crippen LogP contribution in [0.4, 0.5) is 0 Å². The predicted octanol–water partition coefficient (Wildman–Crippen LogP) is 4.48. The molecular formula is C20H16BrN3O2. The van der Waals surface area contributed by atoms with Crippen LogP contribution in [-0.4, -0.2) is 33.7 Å². The van der Waals surface area contributed by atoms with E-state index in [1.165, 1.54) is 0 Å². The Morgan fingerprint density at radius 2 is 2.15 bits per heavy atom. The largest absolute Gasteiger partial charge is 0.488 e. The topological polar surface area (TPSA) is 48.7 Å². The van der Waals surface area contributed by atoms with Gasteiger partial charge >= 0.3 is 0 Å². The number of ether oxygens (including phenoxy) is 2. The van der Waals surface area contributed by atoms with Gasteiger partial charge in [-0.2, -0.15) is 0 Å². The molecule has 26 heavy (non-hydrogen) atoms. The Bertz CT molecular complexity index is 1100. The molecule has 6 heteroatoms. The lowest BCUT2D eigenvalue weighted by Crippen LogP contribution is -2.15. The summed E-state index contributed by atoms with van der Waals surface area (Å²) in [5.74, 6) is 0.819. The number of para-hydroxylation sites is 1. The van der Waals surface area contributed by atoms with Crippen molar-refractivity contribution >= 4 is 32.5 Å². The summed E-state index contributed by atoms with van der Waals surface area (Å²) in [5.41, 5.74) is 3.62. The smallest absolute Gasteiger partial charge is 0.140 e. The summed E-state index contributed by atoms with van der Waals surface area (Å²) in [6.07, 6.45) is 4.89. The molecule has 0 aliphatic carbocycles. The van der Waals surface area contributed by atoms with Gasteiger partial charge in [-0.3, -0.25) is 4.40 Å². The van der Waals surface area contributed by atoms with Crippen LogP contribution in [0.5, 0.6) is 5.75 Å². The van der Waals surface area contributed by atoms with Gasteiger partial charge in [0.25, 0.3) is 0 Å². The fourth-order valence-electron chi connectivity index (χ4n) is 3.28. The van der Waals surface area contributed by atoms with Crippen molar-refractivity contribution < 1.29 is 9.47 Å². The maximum absolute atomic E-state index is 5.97. The Morgan fingerprint density at radius 1 is 1.19 bits per heavy atom. The first-order valence-corrected chi connectivity index (χ1v) is 9.34. The monoisotopic (exact) mass is 409 g/mol. The number of rotatable bonds is 3. The molecule has 1 aliphatic rings. The summed E-state index contributed by atoms with van der Waals surface area (Å²) >= 11 is 3.58. The normalized spacial score (nSPS) is 17.2. The molecule has 0 saturated carbocycles. The first-order valence-electron chi connectivity index (χ1n) is 8.55. The van der Waals surface area contributed by atoms with Gasteiger partial charge < -0.3 is 9.47 Å². The van der Waals surface area contributed by atoms with Crippen molar-refractivity contribution in [1.29, 1.82) is 0 Å². The zero-order valence-electron chi connectivity index (χ0n) is 13.9. The van der Waals surface area contributed by atoms with Crippen molar-refractivity contribution in [1.82, 2.24) is 14.4 Å². The standard InChI is InChI=1S/C20H16BrN3O2/c21-16-3-1-2-13-4-5-17(23-20(13)16)18-11-22-19-10-14(6-8-24(18)19)26-15-7-9-25-12-15/h1-6,8,10-11,15H,7,9,12H2/t15-/m0/s1. The Morgan fingerprint density at radius 3 is 3.04 bits per heavy atom. The molecule has 4 aromatic rings. The molecule has 0 bridgehead atoms. The number of aromatic nitrogens is 3. The number of fused-ring (bicyclic) bond motifs is 2. The lowest BCUT2D eigenvalue weighted by Gasteiger charge is -2.12. The van der Waals surface area contributed by atoms with E-state index in [1.807, 2.05) is 47.1 Å². The highest BCUT2D eigenvalue weighted by Gasteiger charge is 2.18. The van der Waals surface area contributed by atoms with Crippen molar-refractivity contribution in [3.8, 4) is 17.1 Å². The number of imidazole rings is 1. The van der Waals surface area contributed by atoms with Crippen molar-refractivity contribution in [2.24, 2.45) is 0 Å². The molecule has 1 saturated heterocycles. The van der Waals surface area contributed by atoms with Crippen molar-refractivity contribution in [2.75, 3.05) is 13.2 Å². The molecule has 1 aromatic carbocycles. The molecular weight excluding hydrogens is 394 g/mol. The second-order valence-corrected chi connectivity index (χ2v) is 7.20. The van der Waals surface area contributed by atoms with E-state index >= 15 is 0 Å². The van der Waals surface area contributed by atoms with Crippen molar-refractivity contribution in [3.63, 3.8) is 0 Å². The molecule has 130 valence electrons. The van der Waals surface area contributed by atoms with E-state index in [2.05, 4.69) is 33.0 Å². The fraction of sp³-hybridized carbons (Fsp3) is 0.200. The SMILES string of the molecule is Brc1cccc2ccc(-c3cnc4cc(O[C@H]5CCOC5)ccn34)nc12. The quantitative estimate of drug-likeness (QED) is 0.500. The van der Waals surface area contributed by atoms with Crippen molar-refractivity contribution in [3.05, 3.63) is 59.3 Å². The van der Waals surface area contributed by atoms with Crippen molar-refractivity contribution in [2.45, 2.75) is 12.5 Å². The highest BCUT2D eigenvalue weighted by molar-refractivity contribution is 9.10. The highest BCUT2D eigenvalue weighted by Crippen LogP contribution is 2.27. The third-order valence-corrected chi connectivity index (χ3v) is 5.25. The van der Waals surface area contributed by atoms with Crippen LogP contribution in [0.15, 0.2) is 59.3 Å². The highest BCUT2D eigenvalue weighted by atomic mass is 79.9. The molecule has 0 amide bonds. The number of hydrogen-bond donors (Lipinski definition) is 0. The lowest BCUT2D eigenvalue weighted by molar-refractivity contribution is 0.141. The van der Waals surface area contributed by atoms with Gasteiger partial charge in [0, 0.05) is 28.5 Å². The average Bonchev–Trinajstić information content (AvgIpc) is 3.31. The molecule has 3 aromatic heterocycles. The third kappa shape index (κ3) is 2.75. The number of hydrogen-bond acceptors (Lipinski definition) is 4. The molecule has 1 fully saturated rings. The summed E-state index contributed by atoms with van der Waals surface area (Å²) < 4.78 is 14.4.